The van der Waals surface area contributed by atoms with Crippen molar-refractivity contribution in [2.75, 3.05) is 33.1 Å². The second-order valence-corrected chi connectivity index (χ2v) is 11.1. The molecule has 4 atom stereocenters. The maximum atomic E-state index is 13.9. The molecule has 0 bridgehead atoms. The molecule has 11 heteroatoms. The number of fused-ring (bicyclic) bond motifs is 3. The molecule has 1 aromatic heterocycles. The molecule has 1 heterocycles. The van der Waals surface area contributed by atoms with Crippen molar-refractivity contribution in [3.05, 3.63) is 46.0 Å². The third kappa shape index (κ3) is 3.45. The topological polar surface area (TPSA) is 157 Å². The minimum Gasteiger partial charge on any atom is -0.507 e. The van der Waals surface area contributed by atoms with Crippen molar-refractivity contribution >= 4 is 40.3 Å². The summed E-state index contributed by atoms with van der Waals surface area (Å²) >= 11 is 1.31. The molecular formula is C26H28N4O6S. The van der Waals surface area contributed by atoms with Crippen molar-refractivity contribution in [3.63, 3.8) is 0 Å². The first-order valence-corrected chi connectivity index (χ1v) is 12.7. The van der Waals surface area contributed by atoms with Crippen LogP contribution in [0.1, 0.15) is 17.5 Å². The summed E-state index contributed by atoms with van der Waals surface area (Å²) in [6, 6.07) is 1.19. The SMILES string of the molecule is CN(C)c1cc(-c2nccs2)c(O)c2c1CC1CC3[C@H](N(C)C)C=C(C(N)=O)C(=O)[C@@]3(O)C(=O)C1=C2O. The van der Waals surface area contributed by atoms with Crippen LogP contribution in [0, 0.1) is 11.8 Å². The number of rotatable bonds is 4. The van der Waals surface area contributed by atoms with E-state index in [0.29, 0.717) is 22.6 Å². The van der Waals surface area contributed by atoms with Crippen LogP contribution >= 0.6 is 11.3 Å². The lowest BCUT2D eigenvalue weighted by molar-refractivity contribution is -0.160. The lowest BCUT2D eigenvalue weighted by Crippen LogP contribution is -2.65. The van der Waals surface area contributed by atoms with Crippen LogP contribution in [0.15, 0.2) is 34.9 Å². The number of aromatic nitrogens is 1. The number of hydrogen-bond donors (Lipinski definition) is 4. The van der Waals surface area contributed by atoms with Crippen LogP contribution in [0.3, 0.4) is 0 Å². The van der Waals surface area contributed by atoms with Crippen molar-refractivity contribution in [2.45, 2.75) is 24.5 Å². The number of amides is 1. The lowest BCUT2D eigenvalue weighted by atomic mass is 9.57. The molecule has 1 fully saturated rings. The number of anilines is 1. The molecule has 0 spiro atoms. The largest absolute Gasteiger partial charge is 0.507 e. The molecule has 194 valence electrons. The first-order valence-electron chi connectivity index (χ1n) is 11.8. The number of Topliss-reactive ketones (excluding diaryl/α,β-unsaturated/α-hetero) is 2. The van der Waals surface area contributed by atoms with Gasteiger partial charge < -0.3 is 30.9 Å². The van der Waals surface area contributed by atoms with Crippen molar-refractivity contribution < 1.29 is 29.7 Å². The monoisotopic (exact) mass is 524 g/mol. The Balaban J connectivity index is 1.74. The van der Waals surface area contributed by atoms with E-state index in [0.717, 1.165) is 5.69 Å². The van der Waals surface area contributed by atoms with E-state index < -0.39 is 52.3 Å². The highest BCUT2D eigenvalue weighted by Gasteiger charge is 2.63. The van der Waals surface area contributed by atoms with E-state index in [-0.39, 0.29) is 23.3 Å². The van der Waals surface area contributed by atoms with E-state index >= 15 is 0 Å². The number of phenolic OH excluding ortho intramolecular Hbond substituents is 1. The van der Waals surface area contributed by atoms with Crippen LogP contribution in [-0.4, -0.2) is 82.5 Å². The van der Waals surface area contributed by atoms with Crippen LogP contribution in [-0.2, 0) is 20.8 Å². The standard InChI is InChI=1S/C26H28N4O6S/c1-29(2)16-9-13(25-28-5-6-37-25)20(31)19-12(16)7-11-8-15-17(30(3)4)10-14(24(27)35)22(33)26(15,36)23(34)18(11)21(19)32/h5-6,9-11,15,17,31-32,36H,7-8H2,1-4H3,(H2,27,35)/t11?,15?,17-,26-/m1/s1. The Morgan fingerprint density at radius 1 is 1.19 bits per heavy atom. The summed E-state index contributed by atoms with van der Waals surface area (Å²) in [6.07, 6.45) is 3.51. The summed E-state index contributed by atoms with van der Waals surface area (Å²) in [6.45, 7) is 0. The predicted octanol–water partition coefficient (Wildman–Crippen LogP) is 1.27. The number of nitrogens with two attached hydrogens (primary N) is 1. The fraction of sp³-hybridized carbons (Fsp3) is 0.385. The number of ketones is 2. The molecule has 5 rings (SSSR count). The Labute approximate surface area is 217 Å². The lowest BCUT2D eigenvalue weighted by Gasteiger charge is -2.49. The van der Waals surface area contributed by atoms with Crippen LogP contribution < -0.4 is 10.6 Å². The molecule has 1 saturated carbocycles. The van der Waals surface area contributed by atoms with Crippen LogP contribution in [0.25, 0.3) is 16.3 Å². The average Bonchev–Trinajstić information content (AvgIpc) is 3.35. The van der Waals surface area contributed by atoms with E-state index in [1.807, 2.05) is 19.0 Å². The van der Waals surface area contributed by atoms with Gasteiger partial charge in [-0.15, -0.1) is 11.3 Å². The molecule has 1 aromatic carbocycles. The highest BCUT2D eigenvalue weighted by Crippen LogP contribution is 2.53. The number of likely N-dealkylation sites (N-methyl/N-ethyl adjacent to an activating group) is 1. The molecule has 37 heavy (non-hydrogen) atoms. The van der Waals surface area contributed by atoms with E-state index in [9.17, 15) is 29.7 Å². The number of aliphatic hydroxyl groups excluding tert-OH is 1. The number of carbonyl (C=O) groups is 3. The number of carbonyl (C=O) groups excluding carboxylic acids is 3. The highest BCUT2D eigenvalue weighted by molar-refractivity contribution is 7.13. The smallest absolute Gasteiger partial charge is 0.252 e. The molecule has 0 aliphatic heterocycles. The van der Waals surface area contributed by atoms with Crippen LogP contribution in [0.5, 0.6) is 5.75 Å². The normalized spacial score (nSPS) is 27.0. The van der Waals surface area contributed by atoms with E-state index in [2.05, 4.69) is 4.98 Å². The van der Waals surface area contributed by atoms with Crippen molar-refractivity contribution in [1.82, 2.24) is 9.88 Å². The number of aromatic hydroxyl groups is 1. The van der Waals surface area contributed by atoms with Gasteiger partial charge in [-0.25, -0.2) is 4.98 Å². The Morgan fingerprint density at radius 2 is 1.89 bits per heavy atom. The molecular weight excluding hydrogens is 496 g/mol. The molecule has 0 radical (unpaired) electrons. The van der Waals surface area contributed by atoms with Gasteiger partial charge in [0.15, 0.2) is 5.60 Å². The molecule has 0 saturated heterocycles. The second kappa shape index (κ2) is 8.51. The maximum absolute atomic E-state index is 13.9. The number of aliphatic hydroxyl groups is 2. The number of nitrogens with zero attached hydrogens (tertiary/aromatic N) is 3. The van der Waals surface area contributed by atoms with E-state index in [4.69, 9.17) is 5.73 Å². The zero-order chi connectivity index (χ0) is 27.0. The van der Waals surface area contributed by atoms with Gasteiger partial charge in [-0.1, -0.05) is 6.08 Å². The van der Waals surface area contributed by atoms with Gasteiger partial charge in [-0.3, -0.25) is 14.4 Å². The molecule has 10 nitrogen and oxygen atoms in total. The summed E-state index contributed by atoms with van der Waals surface area (Å²) in [5.41, 5.74) is 4.16. The van der Waals surface area contributed by atoms with Crippen LogP contribution in [0.2, 0.25) is 0 Å². The quantitative estimate of drug-likeness (QED) is 0.341. The summed E-state index contributed by atoms with van der Waals surface area (Å²) in [4.78, 5) is 47.2. The average molecular weight is 525 g/mol. The molecule has 3 aliphatic rings. The number of benzene rings is 1. The second-order valence-electron chi connectivity index (χ2n) is 10.2. The van der Waals surface area contributed by atoms with E-state index in [1.165, 1.54) is 17.4 Å². The molecule has 2 aromatic rings. The summed E-state index contributed by atoms with van der Waals surface area (Å²) in [5, 5.41) is 36.8. The van der Waals surface area contributed by atoms with Gasteiger partial charge in [0.1, 0.15) is 16.5 Å². The predicted molar refractivity (Wildman–Crippen MR) is 138 cm³/mol. The molecule has 5 N–H and O–H groups in total. The Bertz CT molecular complexity index is 1410. The van der Waals surface area contributed by atoms with Crippen molar-refractivity contribution in [3.8, 4) is 16.3 Å². The first-order chi connectivity index (χ1) is 17.4. The fourth-order valence-corrected chi connectivity index (χ4v) is 6.68. The fourth-order valence-electron chi connectivity index (χ4n) is 6.03. The van der Waals surface area contributed by atoms with Crippen molar-refractivity contribution in [1.29, 1.82) is 0 Å². The van der Waals surface area contributed by atoms with Gasteiger partial charge in [0.2, 0.25) is 11.6 Å². The zero-order valence-corrected chi connectivity index (χ0v) is 21.7. The summed E-state index contributed by atoms with van der Waals surface area (Å²) in [5.74, 6) is -5.16. The molecule has 3 aliphatic carbocycles. The number of phenols is 1. The molecule has 2 unspecified atom stereocenters. The molecule has 1 amide bonds. The minimum absolute atomic E-state index is 0.0798. The number of thiazole rings is 1. The third-order valence-corrected chi connectivity index (χ3v) is 8.55. The van der Waals surface area contributed by atoms with Gasteiger partial charge in [-0.2, -0.15) is 0 Å². The summed E-state index contributed by atoms with van der Waals surface area (Å²) in [7, 11) is 7.14. The van der Waals surface area contributed by atoms with Gasteiger partial charge in [-0.05, 0) is 44.5 Å². The maximum Gasteiger partial charge on any atom is 0.252 e. The first kappa shape index (κ1) is 25.1. The van der Waals surface area contributed by atoms with Crippen molar-refractivity contribution in [2.24, 2.45) is 17.6 Å². The van der Waals surface area contributed by atoms with Crippen LogP contribution in [0.4, 0.5) is 5.69 Å². The van der Waals surface area contributed by atoms with Gasteiger partial charge in [0.05, 0.1) is 16.7 Å². The van der Waals surface area contributed by atoms with E-state index in [1.54, 1.807) is 36.6 Å². The summed E-state index contributed by atoms with van der Waals surface area (Å²) < 4.78 is 0. The van der Waals surface area contributed by atoms with Gasteiger partial charge in [0.25, 0.3) is 5.91 Å². The third-order valence-electron chi connectivity index (χ3n) is 7.75. The Morgan fingerprint density at radius 3 is 2.46 bits per heavy atom. The van der Waals surface area contributed by atoms with Gasteiger partial charge >= 0.3 is 0 Å². The number of hydrogen-bond acceptors (Lipinski definition) is 10. The zero-order valence-electron chi connectivity index (χ0n) is 20.8. The number of primary amides is 1. The minimum atomic E-state index is -2.57. The Kier molecular flexibility index (Phi) is 5.78. The van der Waals surface area contributed by atoms with Gasteiger partial charge in [0, 0.05) is 48.9 Å². The highest BCUT2D eigenvalue weighted by atomic mass is 32.1. The Hall–Kier alpha value is -3.54.